The lowest BCUT2D eigenvalue weighted by atomic mass is 9.91. The molecule has 0 fully saturated rings. The molecule has 0 aromatic heterocycles. The second-order valence-corrected chi connectivity index (χ2v) is 5.27. The molecule has 0 radical (unpaired) electrons. The highest BCUT2D eigenvalue weighted by atomic mass is 16.5. The fraction of sp³-hybridized carbons (Fsp3) is 0.438. The molecular formula is C16H20O4. The number of rotatable bonds is 3. The smallest absolute Gasteiger partial charge is 0.340 e. The number of carbonyl (C=O) groups is 1. The zero-order valence-electron chi connectivity index (χ0n) is 12.0. The van der Waals surface area contributed by atoms with Crippen molar-refractivity contribution in [3.8, 4) is 0 Å². The van der Waals surface area contributed by atoms with Crippen molar-refractivity contribution in [1.82, 2.24) is 0 Å². The van der Waals surface area contributed by atoms with Crippen LogP contribution in [0.2, 0.25) is 0 Å². The number of ether oxygens (including phenoxy) is 2. The van der Waals surface area contributed by atoms with Crippen molar-refractivity contribution < 1.29 is 19.4 Å². The van der Waals surface area contributed by atoms with Gasteiger partial charge in [-0.2, -0.15) is 0 Å². The second-order valence-electron chi connectivity index (χ2n) is 5.27. The van der Waals surface area contributed by atoms with Crippen LogP contribution in [0.4, 0.5) is 0 Å². The Morgan fingerprint density at radius 2 is 2.00 bits per heavy atom. The summed E-state index contributed by atoms with van der Waals surface area (Å²) >= 11 is 0. The molecule has 1 aliphatic rings. The predicted octanol–water partition coefficient (Wildman–Crippen LogP) is 3.16. The van der Waals surface area contributed by atoms with Gasteiger partial charge in [-0.1, -0.05) is 44.2 Å². The molecule has 2 atom stereocenters. The molecule has 1 N–H and O–H groups in total. The Labute approximate surface area is 119 Å². The van der Waals surface area contributed by atoms with E-state index in [1.807, 2.05) is 44.2 Å². The van der Waals surface area contributed by atoms with E-state index in [0.717, 1.165) is 5.56 Å². The maximum Gasteiger partial charge on any atom is 0.340 e. The van der Waals surface area contributed by atoms with Gasteiger partial charge in [-0.05, 0) is 11.5 Å². The molecule has 0 spiro atoms. The Morgan fingerprint density at radius 3 is 2.55 bits per heavy atom. The van der Waals surface area contributed by atoms with E-state index in [1.165, 1.54) is 7.11 Å². The van der Waals surface area contributed by atoms with Crippen LogP contribution in [0.25, 0.3) is 0 Å². The summed E-state index contributed by atoms with van der Waals surface area (Å²) < 4.78 is 10.8. The summed E-state index contributed by atoms with van der Waals surface area (Å²) in [5, 5.41) is 10.2. The lowest BCUT2D eigenvalue weighted by Crippen LogP contribution is -2.32. The maximum absolute atomic E-state index is 11.9. The summed E-state index contributed by atoms with van der Waals surface area (Å²) in [5.41, 5.74) is 1.04. The van der Waals surface area contributed by atoms with Crippen molar-refractivity contribution in [3.63, 3.8) is 0 Å². The van der Waals surface area contributed by atoms with E-state index in [1.54, 1.807) is 0 Å². The number of benzene rings is 1. The van der Waals surface area contributed by atoms with Crippen molar-refractivity contribution in [3.05, 3.63) is 47.2 Å². The second kappa shape index (κ2) is 6.09. The normalized spacial score (nSPS) is 23.0. The highest BCUT2D eigenvalue weighted by Gasteiger charge is 2.36. The van der Waals surface area contributed by atoms with Crippen LogP contribution in [-0.4, -0.2) is 24.3 Å². The van der Waals surface area contributed by atoms with Gasteiger partial charge in [0.1, 0.15) is 17.4 Å². The van der Waals surface area contributed by atoms with Crippen molar-refractivity contribution in [1.29, 1.82) is 0 Å². The first-order valence-electron chi connectivity index (χ1n) is 6.75. The maximum atomic E-state index is 11.9. The van der Waals surface area contributed by atoms with Crippen LogP contribution in [0.1, 0.15) is 31.9 Å². The van der Waals surface area contributed by atoms with Gasteiger partial charge in [-0.3, -0.25) is 0 Å². The topological polar surface area (TPSA) is 55.8 Å². The molecule has 108 valence electrons. The van der Waals surface area contributed by atoms with Gasteiger partial charge < -0.3 is 14.6 Å². The Hall–Kier alpha value is -1.81. The number of hydrogen-bond acceptors (Lipinski definition) is 4. The van der Waals surface area contributed by atoms with Gasteiger partial charge in [0.15, 0.2) is 0 Å². The minimum atomic E-state index is -0.579. The Kier molecular flexibility index (Phi) is 4.45. The van der Waals surface area contributed by atoms with E-state index in [4.69, 9.17) is 9.47 Å². The summed E-state index contributed by atoms with van der Waals surface area (Å²) in [6, 6.07) is 9.41. The molecule has 1 aliphatic heterocycles. The van der Waals surface area contributed by atoms with Crippen LogP contribution < -0.4 is 0 Å². The van der Waals surface area contributed by atoms with Gasteiger partial charge in [-0.15, -0.1) is 0 Å². The molecule has 0 amide bonds. The van der Waals surface area contributed by atoms with E-state index in [-0.39, 0.29) is 23.4 Å². The van der Waals surface area contributed by atoms with Crippen LogP contribution in [0.3, 0.4) is 0 Å². The third-order valence-corrected chi connectivity index (χ3v) is 3.53. The zero-order valence-corrected chi connectivity index (χ0v) is 12.0. The van der Waals surface area contributed by atoms with Gasteiger partial charge in [0.25, 0.3) is 0 Å². The van der Waals surface area contributed by atoms with Gasteiger partial charge in [0, 0.05) is 6.42 Å². The molecule has 20 heavy (non-hydrogen) atoms. The average molecular weight is 276 g/mol. The van der Waals surface area contributed by atoms with Crippen LogP contribution >= 0.6 is 0 Å². The average Bonchev–Trinajstić information content (AvgIpc) is 2.46. The summed E-state index contributed by atoms with van der Waals surface area (Å²) in [7, 11) is 1.30. The predicted molar refractivity (Wildman–Crippen MR) is 75.2 cm³/mol. The summed E-state index contributed by atoms with van der Waals surface area (Å²) in [6.07, 6.45) is -0.357. The third kappa shape index (κ3) is 2.85. The van der Waals surface area contributed by atoms with Crippen LogP contribution in [0, 0.1) is 5.92 Å². The monoisotopic (exact) mass is 276 g/mol. The first-order valence-corrected chi connectivity index (χ1v) is 6.75. The number of esters is 1. The zero-order chi connectivity index (χ0) is 14.7. The van der Waals surface area contributed by atoms with Gasteiger partial charge in [0.2, 0.25) is 0 Å². The highest BCUT2D eigenvalue weighted by molar-refractivity contribution is 5.90. The largest absolute Gasteiger partial charge is 0.512 e. The van der Waals surface area contributed by atoms with E-state index >= 15 is 0 Å². The molecule has 4 nitrogen and oxygen atoms in total. The lowest BCUT2D eigenvalue weighted by Gasteiger charge is -2.33. The third-order valence-electron chi connectivity index (χ3n) is 3.53. The first kappa shape index (κ1) is 14.6. The molecule has 0 saturated carbocycles. The number of hydrogen-bond donors (Lipinski definition) is 1. The van der Waals surface area contributed by atoms with Crippen molar-refractivity contribution in [2.45, 2.75) is 32.5 Å². The van der Waals surface area contributed by atoms with Gasteiger partial charge in [-0.25, -0.2) is 4.79 Å². The van der Waals surface area contributed by atoms with E-state index < -0.39 is 12.1 Å². The number of methoxy groups -OCH3 is 1. The summed E-state index contributed by atoms with van der Waals surface area (Å²) in [5.74, 6) is -0.225. The Bertz CT molecular complexity index is 504. The molecule has 0 bridgehead atoms. The number of carbonyl (C=O) groups excluding carboxylic acids is 1. The molecule has 4 heteroatoms. The minimum absolute atomic E-state index is 0.0654. The molecule has 0 aliphatic carbocycles. The van der Waals surface area contributed by atoms with Crippen LogP contribution in [0.5, 0.6) is 0 Å². The fourth-order valence-corrected chi connectivity index (χ4v) is 2.34. The molecule has 1 heterocycles. The summed E-state index contributed by atoms with van der Waals surface area (Å²) in [4.78, 5) is 11.9. The molecule has 0 saturated heterocycles. The van der Waals surface area contributed by atoms with Crippen molar-refractivity contribution in [2.24, 2.45) is 5.92 Å². The van der Waals surface area contributed by atoms with Crippen molar-refractivity contribution in [2.75, 3.05) is 7.11 Å². The minimum Gasteiger partial charge on any atom is -0.512 e. The number of aliphatic hydroxyl groups is 1. The van der Waals surface area contributed by atoms with Crippen molar-refractivity contribution >= 4 is 5.97 Å². The first-order chi connectivity index (χ1) is 9.54. The SMILES string of the molecule is COC(=O)C1=C(O)C[C@H](C(C)C)O[C@H]1c1ccccc1. The number of aliphatic hydroxyl groups excluding tert-OH is 1. The Morgan fingerprint density at radius 1 is 1.35 bits per heavy atom. The fourth-order valence-electron chi connectivity index (χ4n) is 2.34. The van der Waals surface area contributed by atoms with Crippen LogP contribution in [0.15, 0.2) is 41.7 Å². The standard InChI is InChI=1S/C16H20O4/c1-10(2)13-9-12(17)14(16(18)19-3)15(20-13)11-7-5-4-6-8-11/h4-8,10,13,15,17H,9H2,1-3H3/t13-,15+/m1/s1. The van der Waals surface area contributed by atoms with Crippen LogP contribution in [-0.2, 0) is 14.3 Å². The van der Waals surface area contributed by atoms with E-state index in [0.29, 0.717) is 6.42 Å². The van der Waals surface area contributed by atoms with E-state index in [2.05, 4.69) is 0 Å². The Balaban J connectivity index is 2.43. The molecule has 1 aromatic carbocycles. The highest BCUT2D eigenvalue weighted by Crippen LogP contribution is 2.37. The van der Waals surface area contributed by atoms with E-state index in [9.17, 15) is 9.90 Å². The molecule has 2 rings (SSSR count). The summed E-state index contributed by atoms with van der Waals surface area (Å²) in [6.45, 7) is 4.06. The quantitative estimate of drug-likeness (QED) is 0.862. The molecular weight excluding hydrogens is 256 g/mol. The molecule has 0 unspecified atom stereocenters. The van der Waals surface area contributed by atoms with Gasteiger partial charge >= 0.3 is 5.97 Å². The molecule has 1 aromatic rings. The van der Waals surface area contributed by atoms with Gasteiger partial charge in [0.05, 0.1) is 13.2 Å². The lowest BCUT2D eigenvalue weighted by molar-refractivity contribution is -0.140.